The average Bonchev–Trinajstić information content (AvgIpc) is 2.82. The third-order valence-corrected chi connectivity index (χ3v) is 4.52. The van der Waals surface area contributed by atoms with Gasteiger partial charge < -0.3 is 35.7 Å². The summed E-state index contributed by atoms with van der Waals surface area (Å²) in [6.45, 7) is -0.880. The lowest BCUT2D eigenvalue weighted by Gasteiger charge is -2.15. The van der Waals surface area contributed by atoms with Gasteiger partial charge in [-0.15, -0.1) is 0 Å². The number of nitrogens with one attached hydrogen (secondary N) is 1. The molecular formula is C23H21F2N5O6. The monoisotopic (exact) mass is 501 g/mol. The molecule has 0 saturated carbocycles. The molecule has 1 heterocycles. The number of rotatable bonds is 9. The molecule has 0 saturated heterocycles. The zero-order valence-electron chi connectivity index (χ0n) is 19.0. The summed E-state index contributed by atoms with van der Waals surface area (Å²) in [5, 5.41) is 17.6. The van der Waals surface area contributed by atoms with Crippen LogP contribution in [0.3, 0.4) is 0 Å². The predicted octanol–water partition coefficient (Wildman–Crippen LogP) is 2.50. The van der Waals surface area contributed by atoms with E-state index in [1.165, 1.54) is 35.2 Å². The number of pyridine rings is 1. The Bertz CT molecular complexity index is 1350. The number of amides is 2. The molecule has 0 spiro atoms. The molecule has 13 heteroatoms. The number of nitrogen functional groups attached to an aromatic ring is 1. The molecule has 36 heavy (non-hydrogen) atoms. The zero-order chi connectivity index (χ0) is 26.6. The average molecular weight is 501 g/mol. The van der Waals surface area contributed by atoms with Crippen molar-refractivity contribution in [2.45, 2.75) is 0 Å². The van der Waals surface area contributed by atoms with Crippen LogP contribution in [0.15, 0.2) is 42.5 Å². The first-order valence-corrected chi connectivity index (χ1v) is 10.1. The molecular weight excluding hydrogens is 480 g/mol. The van der Waals surface area contributed by atoms with Crippen LogP contribution in [-0.2, 0) is 4.79 Å². The number of carbonyl (C=O) groups is 2. The Balaban J connectivity index is 2.07. The molecule has 0 radical (unpaired) electrons. The van der Waals surface area contributed by atoms with Crippen LogP contribution in [0.5, 0.6) is 34.8 Å². The molecule has 0 aliphatic rings. The Hall–Kier alpha value is -4.94. The summed E-state index contributed by atoms with van der Waals surface area (Å²) in [5.74, 6) is -8.32. The minimum Gasteiger partial charge on any atom is -0.504 e. The third kappa shape index (κ3) is 5.75. The van der Waals surface area contributed by atoms with Crippen LogP contribution < -0.4 is 25.7 Å². The van der Waals surface area contributed by atoms with Crippen molar-refractivity contribution in [3.63, 3.8) is 0 Å². The van der Waals surface area contributed by atoms with Gasteiger partial charge >= 0.3 is 0 Å². The quantitative estimate of drug-likeness (QED) is 0.255. The number of benzene rings is 2. The van der Waals surface area contributed by atoms with Crippen molar-refractivity contribution in [2.24, 2.45) is 11.5 Å². The maximum atomic E-state index is 15.1. The Labute approximate surface area is 203 Å². The normalized spacial score (nSPS) is 10.4. The number of amidine groups is 1. The Morgan fingerprint density at radius 3 is 2.31 bits per heavy atom. The van der Waals surface area contributed by atoms with Crippen LogP contribution in [-0.4, -0.2) is 53.3 Å². The van der Waals surface area contributed by atoms with E-state index in [9.17, 15) is 14.7 Å². The number of halogens is 2. The molecule has 2 aromatic carbocycles. The number of hydrogen-bond acceptors (Lipinski definition) is 8. The Morgan fingerprint density at radius 2 is 1.69 bits per heavy atom. The second-order valence-corrected chi connectivity index (χ2v) is 7.46. The van der Waals surface area contributed by atoms with Crippen LogP contribution in [0.4, 0.5) is 8.78 Å². The number of phenols is 1. The van der Waals surface area contributed by atoms with Gasteiger partial charge in [0.2, 0.25) is 17.4 Å². The summed E-state index contributed by atoms with van der Waals surface area (Å²) < 4.78 is 45.8. The number of aromatic hydroxyl groups is 1. The Kier molecular flexibility index (Phi) is 7.52. The van der Waals surface area contributed by atoms with Crippen molar-refractivity contribution in [3.05, 3.63) is 65.2 Å². The number of nitrogens with zero attached hydrogens (tertiary/aromatic N) is 2. The lowest BCUT2D eigenvalue weighted by atomic mass is 10.2. The minimum absolute atomic E-state index is 0.0334. The molecule has 3 aromatic rings. The topological polar surface area (TPSA) is 174 Å². The first kappa shape index (κ1) is 25.7. The number of hydrogen-bond donors (Lipinski definition) is 4. The lowest BCUT2D eigenvalue weighted by molar-refractivity contribution is -0.120. The van der Waals surface area contributed by atoms with Gasteiger partial charge in [-0.2, -0.15) is 13.8 Å². The highest BCUT2D eigenvalue weighted by molar-refractivity contribution is 5.95. The van der Waals surface area contributed by atoms with Gasteiger partial charge in [-0.3, -0.25) is 15.0 Å². The van der Waals surface area contributed by atoms with Crippen LogP contribution in [0.2, 0.25) is 0 Å². The van der Waals surface area contributed by atoms with E-state index in [0.717, 1.165) is 12.1 Å². The van der Waals surface area contributed by atoms with Gasteiger partial charge in [-0.05, 0) is 36.4 Å². The zero-order valence-corrected chi connectivity index (χ0v) is 19.0. The number of aromatic nitrogens is 1. The van der Waals surface area contributed by atoms with Gasteiger partial charge in [0, 0.05) is 25.2 Å². The van der Waals surface area contributed by atoms with Crippen LogP contribution >= 0.6 is 0 Å². The predicted molar refractivity (Wildman–Crippen MR) is 123 cm³/mol. The molecule has 0 unspecified atom stereocenters. The molecule has 2 amide bonds. The molecule has 0 aliphatic heterocycles. The summed E-state index contributed by atoms with van der Waals surface area (Å²) in [6, 6.07) is 9.26. The van der Waals surface area contributed by atoms with Crippen LogP contribution in [0.1, 0.15) is 15.9 Å². The fourth-order valence-corrected chi connectivity index (χ4v) is 2.82. The SMILES string of the molecule is CN(C)C(=O)c1cccc(Oc2nc(Oc3cc(C(=N)N)ccc3O)c(F)c(OCC(N)=O)c2F)c1. The molecule has 11 nitrogen and oxygen atoms in total. The van der Waals surface area contributed by atoms with Crippen molar-refractivity contribution in [1.29, 1.82) is 5.41 Å². The summed E-state index contributed by atoms with van der Waals surface area (Å²) in [4.78, 5) is 28.4. The highest BCUT2D eigenvalue weighted by Gasteiger charge is 2.26. The molecule has 0 atom stereocenters. The van der Waals surface area contributed by atoms with Crippen molar-refractivity contribution >= 4 is 17.6 Å². The molecule has 3 rings (SSSR count). The van der Waals surface area contributed by atoms with Crippen molar-refractivity contribution in [3.8, 4) is 34.8 Å². The summed E-state index contributed by atoms with van der Waals surface area (Å²) in [7, 11) is 3.08. The second-order valence-electron chi connectivity index (χ2n) is 7.46. The van der Waals surface area contributed by atoms with E-state index in [0.29, 0.717) is 0 Å². The van der Waals surface area contributed by atoms with Gasteiger partial charge in [0.1, 0.15) is 11.6 Å². The van der Waals surface area contributed by atoms with E-state index in [1.807, 2.05) is 0 Å². The standard InChI is InChI=1S/C23H21F2N5O6/c1-30(2)23(33)12-4-3-5-13(8-12)35-21-17(24)19(34-10-16(26)32)18(25)22(29-21)36-15-9-11(20(27)28)6-7-14(15)31/h3-9,31H,10H2,1-2H3,(H2,26,32)(H3,27,28). The highest BCUT2D eigenvalue weighted by Crippen LogP contribution is 2.39. The molecule has 1 aromatic heterocycles. The first-order valence-electron chi connectivity index (χ1n) is 10.1. The van der Waals surface area contributed by atoms with E-state index >= 15 is 8.78 Å². The summed E-state index contributed by atoms with van der Waals surface area (Å²) in [6.07, 6.45) is 0. The van der Waals surface area contributed by atoms with Crippen LogP contribution in [0, 0.1) is 17.0 Å². The number of ether oxygens (including phenoxy) is 3. The fraction of sp³-hybridized carbons (Fsp3) is 0.130. The first-order chi connectivity index (χ1) is 17.0. The van der Waals surface area contributed by atoms with Crippen LogP contribution in [0.25, 0.3) is 0 Å². The molecule has 0 bridgehead atoms. The number of carbonyl (C=O) groups excluding carboxylic acids is 2. The second kappa shape index (κ2) is 10.5. The van der Waals surface area contributed by atoms with E-state index in [2.05, 4.69) is 4.98 Å². The number of nitrogens with two attached hydrogens (primary N) is 2. The van der Waals surface area contributed by atoms with Crippen molar-refractivity contribution in [2.75, 3.05) is 20.7 Å². The van der Waals surface area contributed by atoms with Gasteiger partial charge in [0.05, 0.1) is 0 Å². The minimum atomic E-state index is -1.47. The van der Waals surface area contributed by atoms with E-state index in [4.69, 9.17) is 31.1 Å². The Morgan fingerprint density at radius 1 is 1.03 bits per heavy atom. The highest BCUT2D eigenvalue weighted by atomic mass is 19.1. The van der Waals surface area contributed by atoms with Gasteiger partial charge in [-0.25, -0.2) is 0 Å². The summed E-state index contributed by atoms with van der Waals surface area (Å²) >= 11 is 0. The smallest absolute Gasteiger partial charge is 0.263 e. The van der Waals surface area contributed by atoms with Gasteiger partial charge in [-0.1, -0.05) is 6.07 Å². The maximum Gasteiger partial charge on any atom is 0.263 e. The van der Waals surface area contributed by atoms with Gasteiger partial charge in [0.15, 0.2) is 18.1 Å². The largest absolute Gasteiger partial charge is 0.504 e. The van der Waals surface area contributed by atoms with Crippen molar-refractivity contribution < 1.29 is 37.7 Å². The third-order valence-electron chi connectivity index (χ3n) is 4.52. The number of phenolic OH excluding ortho intramolecular Hbond substituents is 1. The molecule has 6 N–H and O–H groups in total. The maximum absolute atomic E-state index is 15.1. The molecule has 0 fully saturated rings. The molecule has 188 valence electrons. The lowest BCUT2D eigenvalue weighted by Crippen LogP contribution is -2.21. The van der Waals surface area contributed by atoms with Crippen molar-refractivity contribution in [1.82, 2.24) is 9.88 Å². The summed E-state index contributed by atoms with van der Waals surface area (Å²) in [5.41, 5.74) is 10.8. The van der Waals surface area contributed by atoms with E-state index < -0.39 is 47.4 Å². The van der Waals surface area contributed by atoms with E-state index in [1.54, 1.807) is 14.1 Å². The van der Waals surface area contributed by atoms with Gasteiger partial charge in [0.25, 0.3) is 23.6 Å². The van der Waals surface area contributed by atoms with E-state index in [-0.39, 0.29) is 34.4 Å². The number of primary amides is 1. The molecule has 0 aliphatic carbocycles. The fourth-order valence-electron chi connectivity index (χ4n) is 2.82.